The highest BCUT2D eigenvalue weighted by Crippen LogP contribution is 2.44. The third kappa shape index (κ3) is 3.56. The molecule has 0 saturated heterocycles. The van der Waals surface area contributed by atoms with Gasteiger partial charge in [-0.05, 0) is 32.0 Å². The van der Waals surface area contributed by atoms with Gasteiger partial charge in [-0.2, -0.15) is 41.7 Å². The molecule has 3 rings (SSSR count). The van der Waals surface area contributed by atoms with Crippen LogP contribution in [0.3, 0.4) is 0 Å². The molecule has 0 aliphatic carbocycles. The molecule has 162 valence electrons. The zero-order chi connectivity index (χ0) is 22.5. The third-order valence-corrected chi connectivity index (χ3v) is 4.68. The number of hydrogen-bond donors (Lipinski definition) is 2. The van der Waals surface area contributed by atoms with Gasteiger partial charge in [-0.3, -0.25) is 5.73 Å². The largest absolute Gasteiger partial charge is 0.431 e. The number of rotatable bonds is 3. The van der Waals surface area contributed by atoms with Crippen molar-refractivity contribution in [1.82, 2.24) is 5.01 Å². The lowest BCUT2D eigenvalue weighted by Gasteiger charge is -2.35. The van der Waals surface area contributed by atoms with Crippen molar-refractivity contribution >= 4 is 17.2 Å². The van der Waals surface area contributed by atoms with E-state index in [9.17, 15) is 26.3 Å². The number of hydrazone groups is 1. The number of alkyl halides is 6. The number of ether oxygens (including phenoxy) is 1. The van der Waals surface area contributed by atoms with Gasteiger partial charge in [0.2, 0.25) is 0 Å². The lowest BCUT2D eigenvalue weighted by atomic mass is 9.94. The van der Waals surface area contributed by atoms with Crippen molar-refractivity contribution in [1.29, 1.82) is 5.26 Å². The Morgan fingerprint density at radius 3 is 2.47 bits per heavy atom. The SMILES string of the molecule is CCOC1(N)N=C(Nc2ccc(C#N)c(C(F)(F)F)c2)[C@@]2(C)CC(C(F)(F)F)=NN12. The van der Waals surface area contributed by atoms with Crippen LogP contribution in [-0.2, 0) is 10.9 Å². The molecule has 2 aliphatic rings. The predicted octanol–water partition coefficient (Wildman–Crippen LogP) is 3.39. The number of fused-ring (bicyclic) bond motifs is 1. The predicted molar refractivity (Wildman–Crippen MR) is 94.1 cm³/mol. The molecule has 13 heteroatoms. The van der Waals surface area contributed by atoms with E-state index >= 15 is 0 Å². The first-order chi connectivity index (χ1) is 13.7. The maximum absolute atomic E-state index is 13.2. The Labute approximate surface area is 166 Å². The van der Waals surface area contributed by atoms with Crippen molar-refractivity contribution in [2.75, 3.05) is 11.9 Å². The zero-order valence-electron chi connectivity index (χ0n) is 15.7. The molecule has 0 radical (unpaired) electrons. The molecule has 7 nitrogen and oxygen atoms in total. The van der Waals surface area contributed by atoms with Crippen molar-refractivity contribution in [3.63, 3.8) is 0 Å². The monoisotopic (exact) mass is 434 g/mol. The van der Waals surface area contributed by atoms with Crippen LogP contribution in [0.1, 0.15) is 31.4 Å². The summed E-state index contributed by atoms with van der Waals surface area (Å²) in [4.78, 5) is 4.08. The Balaban J connectivity index is 2.02. The molecule has 0 bridgehead atoms. The van der Waals surface area contributed by atoms with Gasteiger partial charge in [0, 0.05) is 12.1 Å². The van der Waals surface area contributed by atoms with E-state index in [-0.39, 0.29) is 18.1 Å². The average Bonchev–Trinajstić information content (AvgIpc) is 3.08. The van der Waals surface area contributed by atoms with Crippen LogP contribution in [0.25, 0.3) is 0 Å². The van der Waals surface area contributed by atoms with E-state index in [2.05, 4.69) is 15.4 Å². The van der Waals surface area contributed by atoms with E-state index < -0.39 is 47.1 Å². The summed E-state index contributed by atoms with van der Waals surface area (Å²) in [6.45, 7) is 2.91. The van der Waals surface area contributed by atoms with Crippen molar-refractivity contribution in [2.45, 2.75) is 44.1 Å². The fourth-order valence-electron chi connectivity index (χ4n) is 3.32. The highest BCUT2D eigenvalue weighted by Gasteiger charge is 2.61. The van der Waals surface area contributed by atoms with Gasteiger partial charge in [0.15, 0.2) is 0 Å². The minimum absolute atomic E-state index is 0.00812. The number of nitriles is 1. The van der Waals surface area contributed by atoms with Crippen LogP contribution >= 0.6 is 0 Å². The van der Waals surface area contributed by atoms with Crippen LogP contribution in [0.15, 0.2) is 28.3 Å². The fourth-order valence-corrected chi connectivity index (χ4v) is 3.32. The van der Waals surface area contributed by atoms with Gasteiger partial charge in [-0.1, -0.05) is 0 Å². The van der Waals surface area contributed by atoms with Gasteiger partial charge in [0.05, 0.1) is 23.8 Å². The molecule has 2 atom stereocenters. The number of anilines is 1. The summed E-state index contributed by atoms with van der Waals surface area (Å²) in [5.74, 6) is -2.22. The van der Waals surface area contributed by atoms with Crippen molar-refractivity contribution in [3.05, 3.63) is 29.3 Å². The summed E-state index contributed by atoms with van der Waals surface area (Å²) >= 11 is 0. The molecule has 3 N–H and O–H groups in total. The fraction of sp³-hybridized carbons (Fsp3) is 0.471. The number of benzene rings is 1. The smallest absolute Gasteiger partial charge is 0.342 e. The van der Waals surface area contributed by atoms with Gasteiger partial charge >= 0.3 is 18.3 Å². The molecule has 1 aromatic carbocycles. The summed E-state index contributed by atoms with van der Waals surface area (Å²) in [6, 6.07) is 4.26. The second kappa shape index (κ2) is 6.85. The van der Waals surface area contributed by atoms with E-state index in [4.69, 9.17) is 15.7 Å². The van der Waals surface area contributed by atoms with E-state index in [0.717, 1.165) is 11.1 Å². The van der Waals surface area contributed by atoms with Crippen LogP contribution in [0, 0.1) is 11.3 Å². The van der Waals surface area contributed by atoms with Gasteiger partial charge in [0.25, 0.3) is 0 Å². The zero-order valence-corrected chi connectivity index (χ0v) is 15.7. The molecule has 30 heavy (non-hydrogen) atoms. The standard InChI is InChI=1S/C17H16F6N6O/c1-3-30-17(25)27-13(14(2)7-12(16(21,22)23)28-29(14)17)26-10-5-4-9(8-24)11(6-10)15(18,19)20/h4-6H,3,7,25H2,1-2H3,(H,26,27)/t14-,17?/m1/s1. The minimum Gasteiger partial charge on any atom is -0.342 e. The molecular weight excluding hydrogens is 418 g/mol. The lowest BCUT2D eigenvalue weighted by molar-refractivity contribution is -0.150. The van der Waals surface area contributed by atoms with Crippen LogP contribution in [-0.4, -0.2) is 40.9 Å². The van der Waals surface area contributed by atoms with Gasteiger partial charge < -0.3 is 10.1 Å². The molecular formula is C17H16F6N6O. The summed E-state index contributed by atoms with van der Waals surface area (Å²) in [5.41, 5.74) is 1.42. The number of nitrogens with two attached hydrogens (primary N) is 1. The maximum atomic E-state index is 13.2. The Bertz CT molecular complexity index is 965. The molecule has 0 saturated carbocycles. The van der Waals surface area contributed by atoms with E-state index in [1.54, 1.807) is 6.92 Å². The summed E-state index contributed by atoms with van der Waals surface area (Å²) < 4.78 is 84.7. The summed E-state index contributed by atoms with van der Waals surface area (Å²) in [5, 5.41) is 15.9. The highest BCUT2D eigenvalue weighted by atomic mass is 19.4. The first kappa shape index (κ1) is 21.8. The van der Waals surface area contributed by atoms with Crippen LogP contribution in [0.5, 0.6) is 0 Å². The van der Waals surface area contributed by atoms with E-state index in [1.807, 2.05) is 0 Å². The number of halogens is 6. The molecule has 1 unspecified atom stereocenters. The third-order valence-electron chi connectivity index (χ3n) is 4.68. The number of nitrogens with zero attached hydrogens (tertiary/aromatic N) is 4. The van der Waals surface area contributed by atoms with Gasteiger partial charge in [-0.25, -0.2) is 5.01 Å². The molecule has 1 aromatic rings. The molecule has 2 aliphatic heterocycles. The highest BCUT2D eigenvalue weighted by molar-refractivity contribution is 6.09. The molecule has 0 fully saturated rings. The number of amidine groups is 1. The number of nitrogens with one attached hydrogen (secondary N) is 1. The normalized spacial score (nSPS) is 26.2. The molecule has 2 heterocycles. The van der Waals surface area contributed by atoms with Crippen LogP contribution in [0.2, 0.25) is 0 Å². The quantitative estimate of drug-likeness (QED) is 0.561. The van der Waals surface area contributed by atoms with Crippen molar-refractivity contribution in [2.24, 2.45) is 15.8 Å². The summed E-state index contributed by atoms with van der Waals surface area (Å²) in [6.07, 6.45) is -10.2. The second-order valence-electron chi connectivity index (χ2n) is 6.85. The molecule has 0 aromatic heterocycles. The Morgan fingerprint density at radius 1 is 1.27 bits per heavy atom. The number of aliphatic imine (C=N–C) groups is 1. The van der Waals surface area contributed by atoms with Crippen molar-refractivity contribution in [3.8, 4) is 6.07 Å². The first-order valence-corrected chi connectivity index (χ1v) is 8.61. The topological polar surface area (TPSA) is 99.0 Å². The first-order valence-electron chi connectivity index (χ1n) is 8.61. The van der Waals surface area contributed by atoms with Crippen molar-refractivity contribution < 1.29 is 31.1 Å². The Kier molecular flexibility index (Phi) is 4.99. The summed E-state index contributed by atoms with van der Waals surface area (Å²) in [7, 11) is 0. The average molecular weight is 434 g/mol. The van der Waals surface area contributed by atoms with Gasteiger partial charge in [0.1, 0.15) is 17.1 Å². The Hall–Kier alpha value is -2.85. The molecule has 0 amide bonds. The van der Waals surface area contributed by atoms with Crippen LogP contribution < -0.4 is 11.1 Å². The van der Waals surface area contributed by atoms with Gasteiger partial charge in [-0.15, -0.1) is 0 Å². The molecule has 0 spiro atoms. The van der Waals surface area contributed by atoms with Crippen LogP contribution in [0.4, 0.5) is 32.0 Å². The maximum Gasteiger partial charge on any atom is 0.431 e. The number of hydrogen-bond acceptors (Lipinski definition) is 7. The minimum atomic E-state index is -4.81. The van der Waals surface area contributed by atoms with E-state index in [1.165, 1.54) is 19.1 Å². The lowest BCUT2D eigenvalue weighted by Crippen LogP contribution is -2.57. The second-order valence-corrected chi connectivity index (χ2v) is 6.85. The Morgan fingerprint density at radius 2 is 1.93 bits per heavy atom. The van der Waals surface area contributed by atoms with E-state index in [0.29, 0.717) is 6.07 Å².